The third kappa shape index (κ3) is 22.1. The van der Waals surface area contributed by atoms with E-state index < -0.39 is 150 Å². The van der Waals surface area contributed by atoms with Gasteiger partial charge in [-0.25, -0.2) is 0 Å². The normalized spacial score (nSPS) is 23.8. The molecular weight excluding hydrogens is 1200 g/mol. The first-order chi connectivity index (χ1) is 44.2. The highest BCUT2D eigenvalue weighted by Gasteiger charge is 2.42. The van der Waals surface area contributed by atoms with E-state index in [1.54, 1.807) is 58.0 Å². The molecule has 0 radical (unpaired) electrons. The number of amides is 11. The van der Waals surface area contributed by atoms with Crippen molar-refractivity contribution in [2.24, 2.45) is 23.3 Å². The first kappa shape index (κ1) is 71.9. The van der Waals surface area contributed by atoms with E-state index in [2.05, 4.69) is 47.9 Å². The summed E-state index contributed by atoms with van der Waals surface area (Å²) in [5.41, 5.74) is 13.2. The molecule has 6 rings (SSSR count). The van der Waals surface area contributed by atoms with E-state index in [-0.39, 0.29) is 87.6 Å². The lowest BCUT2D eigenvalue weighted by Crippen LogP contribution is -2.62. The number of carboxylic acid groups (broad SMARTS) is 1. The number of fused-ring (bicyclic) bond motifs is 1. The molecule has 4 aromatic rings. The number of aromatic hydroxyl groups is 3. The fraction of sp³-hybridized carbons (Fsp3) is 0.446. The number of primary amides is 1. The summed E-state index contributed by atoms with van der Waals surface area (Å²) in [5, 5.41) is 63.8. The van der Waals surface area contributed by atoms with Crippen molar-refractivity contribution in [1.82, 2.24) is 52.8 Å². The number of rotatable bonds is 18. The van der Waals surface area contributed by atoms with E-state index in [4.69, 9.17) is 11.5 Å². The van der Waals surface area contributed by atoms with Gasteiger partial charge in [0.1, 0.15) is 77.7 Å². The maximum atomic E-state index is 15.1. The van der Waals surface area contributed by atoms with Gasteiger partial charge in [-0.05, 0) is 109 Å². The van der Waals surface area contributed by atoms with Crippen LogP contribution in [-0.4, -0.2) is 170 Å². The van der Waals surface area contributed by atoms with Gasteiger partial charge >= 0.3 is 5.97 Å². The smallest absolute Gasteiger partial charge is 0.305 e. The predicted octanol–water partition coefficient (Wildman–Crippen LogP) is -0.767. The second-order valence-electron chi connectivity index (χ2n) is 24.0. The zero-order valence-corrected chi connectivity index (χ0v) is 52.2. The van der Waals surface area contributed by atoms with Crippen molar-refractivity contribution in [2.45, 2.75) is 159 Å². The van der Waals surface area contributed by atoms with Crippen LogP contribution in [0.15, 0.2) is 103 Å². The van der Waals surface area contributed by atoms with E-state index in [0.717, 1.165) is 0 Å². The van der Waals surface area contributed by atoms with Crippen LogP contribution in [0.4, 0.5) is 0 Å². The Morgan fingerprint density at radius 3 is 1.30 bits per heavy atom. The molecule has 11 amide bonds. The van der Waals surface area contributed by atoms with Gasteiger partial charge in [0.2, 0.25) is 65.0 Å². The fourth-order valence-electron chi connectivity index (χ4n) is 10.8. The minimum absolute atomic E-state index is 0.0100. The van der Waals surface area contributed by atoms with Gasteiger partial charge in [-0.3, -0.25) is 57.5 Å². The average Bonchev–Trinajstić information content (AvgIpc) is 1.80. The third-order valence-electron chi connectivity index (χ3n) is 15.7. The van der Waals surface area contributed by atoms with E-state index in [1.165, 1.54) is 77.7 Å². The topological polar surface area (TPSA) is 449 Å². The highest BCUT2D eigenvalue weighted by Crippen LogP contribution is 2.23. The van der Waals surface area contributed by atoms with Crippen LogP contribution >= 0.6 is 0 Å². The number of carbonyl (C=O) groups is 12. The Bertz CT molecular complexity index is 3300. The number of nitrogens with zero attached hydrogens (tertiary/aromatic N) is 1. The lowest BCUT2D eigenvalue weighted by molar-refractivity contribution is -0.142. The predicted molar refractivity (Wildman–Crippen MR) is 336 cm³/mol. The molecule has 28 heteroatoms. The summed E-state index contributed by atoms with van der Waals surface area (Å²) in [4.78, 5) is 173. The Labute approximate surface area is 537 Å². The van der Waals surface area contributed by atoms with Gasteiger partial charge in [0.15, 0.2) is 0 Å². The third-order valence-corrected chi connectivity index (χ3v) is 15.7. The SMILES string of the molecule is CC(C)CC1NC(=O)C(CCCN)NC(=O)C(C(C)C)NC(=O)C(Cc2ccc(O)cc2)NC(=O)C(CC(=O)O)NC(=O)C(CC(N)=O)NC(=O)C(Cc2ccc(O)cc2)NC(=O)C(Cc2ccccc2)NC(=O)C2CCCN2C(=O)C(Cc2ccc(O)cc2)NC1=O. The number of carbonyl (C=O) groups excluding carboxylic acids is 11. The molecule has 0 spiro atoms. The highest BCUT2D eigenvalue weighted by molar-refractivity contribution is 6.01. The molecule has 17 N–H and O–H groups in total. The van der Waals surface area contributed by atoms with Gasteiger partial charge in [-0.2, -0.15) is 0 Å². The minimum Gasteiger partial charge on any atom is -0.508 e. The lowest BCUT2D eigenvalue weighted by Gasteiger charge is -2.32. The Morgan fingerprint density at radius 2 is 0.849 bits per heavy atom. The van der Waals surface area contributed by atoms with Crippen molar-refractivity contribution in [3.8, 4) is 17.2 Å². The first-order valence-electron chi connectivity index (χ1n) is 30.8. The molecule has 4 aromatic carbocycles. The Morgan fingerprint density at radius 1 is 0.473 bits per heavy atom. The number of nitrogens with two attached hydrogens (primary N) is 2. The zero-order chi connectivity index (χ0) is 68.1. The monoisotopic (exact) mass is 1290 g/mol. The standard InChI is InChI=1S/C65H84N12O16/c1-35(2)28-45-57(85)75-51(32-40-18-24-43(80)25-19-40)65(93)77-27-9-13-52(77)63(91)74-47(29-37-10-6-5-7-11-37)59(87)70-46(30-38-14-20-41(78)21-15-38)58(86)72-49(33-53(67)81)60(88)73-50(34-54(82)83)61(89)71-48(31-39-16-22-42(79)23-17-39)62(90)76-55(36(3)4)64(92)68-44(12-8-26-66)56(84)69-45/h5-7,10-11,14-25,35-36,44-52,55,78-80H,8-9,12-13,26-34,66H2,1-4H3,(H2,67,81)(H,68,92)(H,69,84)(H,70,87)(H,71,89)(H,72,86)(H,73,88)(H,74,91)(H,75,85)(H,76,90)(H,82,83). The molecule has 10 unspecified atom stereocenters. The summed E-state index contributed by atoms with van der Waals surface area (Å²) in [6.07, 6.45) is -2.72. The zero-order valence-electron chi connectivity index (χ0n) is 52.2. The van der Waals surface area contributed by atoms with E-state index in [0.29, 0.717) is 28.7 Å². The van der Waals surface area contributed by atoms with Gasteiger partial charge < -0.3 is 84.6 Å². The van der Waals surface area contributed by atoms with Crippen LogP contribution < -0.4 is 59.3 Å². The number of aliphatic carboxylic acids is 1. The van der Waals surface area contributed by atoms with Crippen molar-refractivity contribution in [3.05, 3.63) is 125 Å². The Hall–Kier alpha value is -10.1. The Balaban J connectivity index is 1.47. The number of nitrogens with one attached hydrogen (secondary N) is 9. The summed E-state index contributed by atoms with van der Waals surface area (Å²) in [6.45, 7) is 6.78. The number of carboxylic acids is 1. The summed E-state index contributed by atoms with van der Waals surface area (Å²) >= 11 is 0. The van der Waals surface area contributed by atoms with Gasteiger partial charge in [0.25, 0.3) is 0 Å². The van der Waals surface area contributed by atoms with Crippen molar-refractivity contribution in [1.29, 1.82) is 0 Å². The summed E-state index contributed by atoms with van der Waals surface area (Å²) in [6, 6.07) is 9.36. The molecule has 0 aliphatic carbocycles. The highest BCUT2D eigenvalue weighted by atomic mass is 16.4. The van der Waals surface area contributed by atoms with Crippen LogP contribution in [0.3, 0.4) is 0 Å². The maximum absolute atomic E-state index is 15.1. The number of hydrogen-bond acceptors (Lipinski definition) is 16. The van der Waals surface area contributed by atoms with Crippen LogP contribution in [0.5, 0.6) is 17.2 Å². The molecule has 0 bridgehead atoms. The van der Waals surface area contributed by atoms with Gasteiger partial charge in [-0.1, -0.05) is 94.4 Å². The van der Waals surface area contributed by atoms with Gasteiger partial charge in [0.05, 0.1) is 12.8 Å². The molecule has 2 aliphatic heterocycles. The summed E-state index contributed by atoms with van der Waals surface area (Å²) in [5.74, 6) is -14.0. The number of hydrogen-bond donors (Lipinski definition) is 15. The second kappa shape index (κ2) is 34.3. The molecular formula is C65H84N12O16. The molecule has 500 valence electrons. The minimum atomic E-state index is -2.06. The number of phenols is 3. The van der Waals surface area contributed by atoms with Crippen LogP contribution in [-0.2, 0) is 83.2 Å². The number of benzene rings is 4. The summed E-state index contributed by atoms with van der Waals surface area (Å²) < 4.78 is 0. The van der Waals surface area contributed by atoms with Crippen LogP contribution in [0.2, 0.25) is 0 Å². The van der Waals surface area contributed by atoms with Gasteiger partial charge in [-0.15, -0.1) is 0 Å². The van der Waals surface area contributed by atoms with Crippen molar-refractivity contribution >= 4 is 70.9 Å². The average molecular weight is 1290 g/mol. The molecule has 2 fully saturated rings. The van der Waals surface area contributed by atoms with E-state index in [9.17, 15) is 73.2 Å². The maximum Gasteiger partial charge on any atom is 0.305 e. The summed E-state index contributed by atoms with van der Waals surface area (Å²) in [7, 11) is 0. The first-order valence-corrected chi connectivity index (χ1v) is 30.8. The molecule has 28 nitrogen and oxygen atoms in total. The largest absolute Gasteiger partial charge is 0.508 e. The van der Waals surface area contributed by atoms with Crippen LogP contribution in [0.25, 0.3) is 0 Å². The number of phenolic OH excluding ortho intramolecular Hbond substituents is 3. The van der Waals surface area contributed by atoms with E-state index in [1.807, 2.05) is 0 Å². The molecule has 10 atom stereocenters. The second-order valence-corrected chi connectivity index (χ2v) is 24.0. The molecule has 2 heterocycles. The molecule has 2 aliphatic rings. The van der Waals surface area contributed by atoms with Crippen molar-refractivity contribution in [2.75, 3.05) is 13.1 Å². The molecule has 2 saturated heterocycles. The molecule has 0 aromatic heterocycles. The van der Waals surface area contributed by atoms with E-state index >= 15 is 4.79 Å². The van der Waals surface area contributed by atoms with Gasteiger partial charge in [0, 0.05) is 32.2 Å². The Kier molecular flexibility index (Phi) is 26.6. The molecule has 0 saturated carbocycles. The van der Waals surface area contributed by atoms with Crippen molar-refractivity contribution in [3.63, 3.8) is 0 Å². The van der Waals surface area contributed by atoms with Crippen LogP contribution in [0.1, 0.15) is 94.9 Å². The van der Waals surface area contributed by atoms with Crippen LogP contribution in [0, 0.1) is 11.8 Å². The fourth-order valence-corrected chi connectivity index (χ4v) is 10.8. The quantitative estimate of drug-likeness (QED) is 0.0582. The molecule has 93 heavy (non-hydrogen) atoms. The lowest BCUT2D eigenvalue weighted by atomic mass is 9.99. The van der Waals surface area contributed by atoms with Crippen molar-refractivity contribution < 1.29 is 78.0 Å².